The predicted molar refractivity (Wildman–Crippen MR) is 121 cm³/mol. The first-order valence-corrected chi connectivity index (χ1v) is 12.4. The zero-order chi connectivity index (χ0) is 20.8. The Morgan fingerprint density at radius 3 is 2.77 bits per heavy atom. The molecule has 0 aromatic carbocycles. The number of morpholine rings is 1. The van der Waals surface area contributed by atoms with Gasteiger partial charge in [0, 0.05) is 74.5 Å². The highest BCUT2D eigenvalue weighted by Gasteiger charge is 2.62. The van der Waals surface area contributed by atoms with Crippen LogP contribution < -0.4 is 0 Å². The van der Waals surface area contributed by atoms with Gasteiger partial charge in [-0.1, -0.05) is 32.1 Å². The van der Waals surface area contributed by atoms with Crippen LogP contribution in [0.5, 0.6) is 0 Å². The first-order valence-electron chi connectivity index (χ1n) is 12.4. The van der Waals surface area contributed by atoms with Crippen molar-refractivity contribution in [1.82, 2.24) is 19.8 Å². The van der Waals surface area contributed by atoms with Gasteiger partial charge in [0.2, 0.25) is 0 Å². The zero-order valence-electron chi connectivity index (χ0n) is 18.5. The number of aliphatic hydroxyl groups excluding tert-OH is 1. The molecule has 0 amide bonds. The normalized spacial score (nSPS) is 35.3. The summed E-state index contributed by atoms with van der Waals surface area (Å²) < 4.78 is 6.75. The summed E-state index contributed by atoms with van der Waals surface area (Å²) in [6, 6.07) is 7.05. The zero-order valence-corrected chi connectivity index (χ0v) is 18.5. The maximum Gasteiger partial charge on any atom is 0.137 e. The number of ether oxygens (including phenoxy) is 1. The first kappa shape index (κ1) is 20.2. The van der Waals surface area contributed by atoms with Crippen LogP contribution in [0.3, 0.4) is 0 Å². The third kappa shape index (κ3) is 3.62. The van der Waals surface area contributed by atoms with E-state index < -0.39 is 0 Å². The maximum absolute atomic E-state index is 10.3. The number of rotatable bonds is 4. The summed E-state index contributed by atoms with van der Waals surface area (Å²) >= 11 is 0. The number of pyridine rings is 1. The summed E-state index contributed by atoms with van der Waals surface area (Å²) in [6.07, 6.45) is 11.6. The van der Waals surface area contributed by atoms with Gasteiger partial charge in [-0.15, -0.1) is 0 Å². The van der Waals surface area contributed by atoms with E-state index in [-0.39, 0.29) is 24.2 Å². The third-order valence-corrected chi connectivity index (χ3v) is 8.53. The molecule has 3 saturated heterocycles. The average Bonchev–Trinajstić information content (AvgIpc) is 3.34. The number of fused-ring (bicyclic) bond motifs is 2. The number of likely N-dealkylation sites (tertiary alicyclic amines) is 2. The van der Waals surface area contributed by atoms with Gasteiger partial charge in [-0.05, 0) is 31.0 Å². The quantitative estimate of drug-likeness (QED) is 0.789. The molecule has 4 aliphatic rings. The molecular formula is C25H36N4O2. The number of hydrogen-bond donors (Lipinski definition) is 2. The Hall–Kier alpha value is -1.47. The third-order valence-electron chi connectivity index (χ3n) is 8.53. The fourth-order valence-corrected chi connectivity index (χ4v) is 7.10. The van der Waals surface area contributed by atoms with E-state index in [1.165, 1.54) is 56.0 Å². The van der Waals surface area contributed by atoms with Crippen LogP contribution in [0.1, 0.15) is 50.6 Å². The Balaban J connectivity index is 1.20. The van der Waals surface area contributed by atoms with E-state index in [4.69, 9.17) is 4.74 Å². The fraction of sp³-hybridized carbons (Fsp3) is 0.720. The van der Waals surface area contributed by atoms with Gasteiger partial charge in [0.1, 0.15) is 5.65 Å². The van der Waals surface area contributed by atoms with Crippen molar-refractivity contribution in [3.8, 4) is 0 Å². The Morgan fingerprint density at radius 1 is 1.13 bits per heavy atom. The minimum atomic E-state index is -0.108. The van der Waals surface area contributed by atoms with Gasteiger partial charge in [-0.3, -0.25) is 9.80 Å². The lowest BCUT2D eigenvalue weighted by Crippen LogP contribution is -2.54. The number of hydrogen-bond acceptors (Lipinski definition) is 5. The van der Waals surface area contributed by atoms with E-state index in [1.807, 2.05) is 12.3 Å². The van der Waals surface area contributed by atoms with Gasteiger partial charge in [0.25, 0.3) is 0 Å². The van der Waals surface area contributed by atoms with E-state index in [1.54, 1.807) is 0 Å². The van der Waals surface area contributed by atoms with Gasteiger partial charge in [0.15, 0.2) is 0 Å². The number of nitrogens with one attached hydrogen (secondary N) is 1. The molecular weight excluding hydrogens is 388 g/mol. The molecule has 2 N–H and O–H groups in total. The van der Waals surface area contributed by atoms with E-state index in [9.17, 15) is 5.11 Å². The summed E-state index contributed by atoms with van der Waals surface area (Å²) in [5.74, 6) is 0.732. The van der Waals surface area contributed by atoms with Crippen LogP contribution in [-0.4, -0.2) is 75.4 Å². The molecule has 2 bridgehead atoms. The van der Waals surface area contributed by atoms with Crippen molar-refractivity contribution >= 4 is 11.0 Å². The summed E-state index contributed by atoms with van der Waals surface area (Å²) in [5.41, 5.74) is 2.08. The summed E-state index contributed by atoms with van der Waals surface area (Å²) in [4.78, 5) is 13.2. The molecule has 0 unspecified atom stereocenters. The minimum Gasteiger partial charge on any atom is -0.396 e. The summed E-state index contributed by atoms with van der Waals surface area (Å²) in [7, 11) is 0. The second-order valence-electron chi connectivity index (χ2n) is 10.5. The Morgan fingerprint density at radius 2 is 1.97 bits per heavy atom. The second kappa shape index (κ2) is 8.14. The highest BCUT2D eigenvalue weighted by Crippen LogP contribution is 2.50. The smallest absolute Gasteiger partial charge is 0.137 e. The average molecular weight is 425 g/mol. The first-order chi connectivity index (χ1) is 15.2. The van der Waals surface area contributed by atoms with Crippen LogP contribution in [0.25, 0.3) is 11.0 Å². The molecule has 3 aliphatic heterocycles. The monoisotopic (exact) mass is 424 g/mol. The molecule has 4 fully saturated rings. The van der Waals surface area contributed by atoms with Crippen molar-refractivity contribution in [2.45, 2.75) is 69.2 Å². The van der Waals surface area contributed by atoms with E-state index in [2.05, 4.69) is 31.9 Å². The standard InChI is InChI=1S/C25H36N4O2/c30-15-21-22-13-29(20-8-4-2-1-3-5-9-20)17-25(22)16-28(14-23(21)31-25)12-19-11-18-7-6-10-26-24(18)27-19/h6-7,10-11,20-23,30H,1-5,8-9,12-17H2,(H,26,27)/t21-,22+,23+,25+/m0/s1. The lowest BCUT2D eigenvalue weighted by atomic mass is 9.83. The lowest BCUT2D eigenvalue weighted by Gasteiger charge is -2.41. The number of aromatic nitrogens is 2. The van der Waals surface area contributed by atoms with Crippen LogP contribution >= 0.6 is 0 Å². The molecule has 5 heterocycles. The van der Waals surface area contributed by atoms with Gasteiger partial charge in [-0.25, -0.2) is 4.98 Å². The number of nitrogens with zero attached hydrogens (tertiary/aromatic N) is 3. The highest BCUT2D eigenvalue weighted by atomic mass is 16.5. The van der Waals surface area contributed by atoms with Gasteiger partial charge in [0.05, 0.1) is 11.7 Å². The van der Waals surface area contributed by atoms with Gasteiger partial charge >= 0.3 is 0 Å². The highest BCUT2D eigenvalue weighted by molar-refractivity contribution is 5.76. The van der Waals surface area contributed by atoms with Crippen LogP contribution in [0.4, 0.5) is 0 Å². The van der Waals surface area contributed by atoms with Gasteiger partial charge in [-0.2, -0.15) is 0 Å². The molecule has 2 aromatic heterocycles. The van der Waals surface area contributed by atoms with Crippen molar-refractivity contribution in [2.75, 3.05) is 32.8 Å². The van der Waals surface area contributed by atoms with E-state index in [0.29, 0.717) is 12.0 Å². The molecule has 6 rings (SSSR count). The van der Waals surface area contributed by atoms with Crippen molar-refractivity contribution < 1.29 is 9.84 Å². The van der Waals surface area contributed by atoms with Crippen molar-refractivity contribution in [1.29, 1.82) is 0 Å². The summed E-state index contributed by atoms with van der Waals surface area (Å²) in [6.45, 7) is 5.18. The van der Waals surface area contributed by atoms with Crippen LogP contribution in [0.15, 0.2) is 24.4 Å². The molecule has 31 heavy (non-hydrogen) atoms. The second-order valence-corrected chi connectivity index (χ2v) is 10.5. The van der Waals surface area contributed by atoms with Crippen LogP contribution in [0.2, 0.25) is 0 Å². The van der Waals surface area contributed by atoms with Crippen LogP contribution in [-0.2, 0) is 11.3 Å². The summed E-state index contributed by atoms with van der Waals surface area (Å²) in [5, 5.41) is 11.5. The van der Waals surface area contributed by atoms with Crippen molar-refractivity contribution in [3.63, 3.8) is 0 Å². The molecule has 1 spiro atoms. The minimum absolute atomic E-state index is 0.108. The lowest BCUT2D eigenvalue weighted by molar-refractivity contribution is -0.121. The SMILES string of the molecule is OC[C@H]1[C@H]2CN(C3CCCCCCC3)C[C@]23CN(Cc2cc4cccnc4[nH]2)C[C@H]1O3. The van der Waals surface area contributed by atoms with Crippen LogP contribution in [0, 0.1) is 11.8 Å². The Kier molecular flexibility index (Phi) is 5.30. The number of aliphatic hydroxyl groups is 1. The predicted octanol–water partition coefficient (Wildman–Crippen LogP) is 3.17. The molecule has 0 radical (unpaired) electrons. The number of aromatic amines is 1. The van der Waals surface area contributed by atoms with Crippen molar-refractivity contribution in [3.05, 3.63) is 30.1 Å². The Bertz CT molecular complexity index is 875. The molecule has 4 atom stereocenters. The molecule has 168 valence electrons. The topological polar surface area (TPSA) is 64.6 Å². The maximum atomic E-state index is 10.3. The fourth-order valence-electron chi connectivity index (χ4n) is 7.10. The molecule has 6 heteroatoms. The van der Waals surface area contributed by atoms with E-state index in [0.717, 1.165) is 38.4 Å². The number of H-pyrrole nitrogens is 1. The molecule has 6 nitrogen and oxygen atoms in total. The molecule has 2 aromatic rings. The largest absolute Gasteiger partial charge is 0.396 e. The van der Waals surface area contributed by atoms with E-state index >= 15 is 0 Å². The molecule has 1 aliphatic carbocycles. The van der Waals surface area contributed by atoms with Gasteiger partial charge < -0.3 is 14.8 Å². The molecule has 1 saturated carbocycles. The Labute approximate surface area is 185 Å². The van der Waals surface area contributed by atoms with Crippen molar-refractivity contribution in [2.24, 2.45) is 11.8 Å².